The predicted molar refractivity (Wildman–Crippen MR) is 287 cm³/mol. The molecule has 63 heavy (non-hydrogen) atoms. The van der Waals surface area contributed by atoms with E-state index in [1.807, 2.05) is 0 Å². The number of unbranched alkanes of at least 4 members (excludes halogenated alkanes) is 29. The first kappa shape index (κ1) is 57.4. The van der Waals surface area contributed by atoms with Crippen molar-refractivity contribution in [3.8, 4) is 0 Å². The van der Waals surface area contributed by atoms with Gasteiger partial charge >= 0.3 is 0 Å². The molecular weight excluding hydrogens is 759 g/mol. The standard InChI is InChI=1S/C62H111N/c1-8-13-18-23-28-30-33-38-43-56(42-37-32-25-20-15-10-3)55-62(7,54-41-35-27-22-17-12-5)58-46-50-60(51-47-58)63-59-48-44-57(45-49-59)61(6,52-39-34-26-21-16-11-4)53-40-36-31-29-24-19-14-9-2/h44-51,56,63H,8-43,52-55H2,1-7H3. The van der Waals surface area contributed by atoms with Gasteiger partial charge in [0.25, 0.3) is 0 Å². The fourth-order valence-corrected chi connectivity index (χ4v) is 10.9. The normalized spacial score (nSPS) is 14.1. The van der Waals surface area contributed by atoms with Gasteiger partial charge in [-0.05, 0) is 77.8 Å². The second-order valence-electron chi connectivity index (χ2n) is 21.6. The molecule has 2 rings (SSSR count). The van der Waals surface area contributed by atoms with Gasteiger partial charge in [0, 0.05) is 11.4 Å². The SMILES string of the molecule is CCCCCCCCCCC(CCCCCCCC)CC(C)(CCCCCCCC)c1ccc(Nc2ccc(C(C)(CCCCCCCC)CCCCCCCCCC)cc2)cc1. The van der Waals surface area contributed by atoms with E-state index in [9.17, 15) is 0 Å². The van der Waals surface area contributed by atoms with Crippen LogP contribution in [0.4, 0.5) is 11.4 Å². The van der Waals surface area contributed by atoms with Crippen molar-refractivity contribution in [1.29, 1.82) is 0 Å². The Labute approximate surface area is 396 Å². The molecule has 3 atom stereocenters. The highest BCUT2D eigenvalue weighted by molar-refractivity contribution is 5.60. The molecule has 0 radical (unpaired) electrons. The topological polar surface area (TPSA) is 12.0 Å². The average Bonchev–Trinajstić information content (AvgIpc) is 3.29. The van der Waals surface area contributed by atoms with E-state index in [4.69, 9.17) is 0 Å². The molecular formula is C62H111N. The summed E-state index contributed by atoms with van der Waals surface area (Å²) in [6, 6.07) is 19.5. The number of nitrogens with one attached hydrogen (secondary N) is 1. The average molecular weight is 871 g/mol. The quantitative estimate of drug-likeness (QED) is 0.0654. The highest BCUT2D eigenvalue weighted by atomic mass is 14.9. The van der Waals surface area contributed by atoms with Gasteiger partial charge in [-0.2, -0.15) is 0 Å². The van der Waals surface area contributed by atoms with E-state index < -0.39 is 0 Å². The molecule has 364 valence electrons. The molecule has 0 saturated heterocycles. The van der Waals surface area contributed by atoms with Crippen molar-refractivity contribution in [2.24, 2.45) is 5.92 Å². The fraction of sp³-hybridized carbons (Fsp3) is 0.806. The maximum atomic E-state index is 3.83. The van der Waals surface area contributed by atoms with Crippen LogP contribution in [-0.4, -0.2) is 0 Å². The molecule has 0 aliphatic heterocycles. The van der Waals surface area contributed by atoms with Gasteiger partial charge in [-0.1, -0.05) is 304 Å². The van der Waals surface area contributed by atoms with Crippen LogP contribution < -0.4 is 5.32 Å². The molecule has 0 saturated carbocycles. The molecule has 1 heteroatoms. The van der Waals surface area contributed by atoms with Crippen LogP contribution in [0.15, 0.2) is 48.5 Å². The Bertz CT molecular complexity index is 1260. The Morgan fingerprint density at radius 1 is 0.317 bits per heavy atom. The van der Waals surface area contributed by atoms with Crippen LogP contribution in [0.1, 0.15) is 316 Å². The van der Waals surface area contributed by atoms with Crippen molar-refractivity contribution < 1.29 is 0 Å². The first-order valence-electron chi connectivity index (χ1n) is 28.8. The van der Waals surface area contributed by atoms with E-state index in [0.717, 1.165) is 5.92 Å². The van der Waals surface area contributed by atoms with Gasteiger partial charge < -0.3 is 5.32 Å². The van der Waals surface area contributed by atoms with E-state index in [1.165, 1.54) is 268 Å². The summed E-state index contributed by atoms with van der Waals surface area (Å²) >= 11 is 0. The highest BCUT2D eigenvalue weighted by Crippen LogP contribution is 2.41. The summed E-state index contributed by atoms with van der Waals surface area (Å²) in [7, 11) is 0. The molecule has 1 nitrogen and oxygen atoms in total. The van der Waals surface area contributed by atoms with Gasteiger partial charge in [-0.25, -0.2) is 0 Å². The lowest BCUT2D eigenvalue weighted by molar-refractivity contribution is 0.273. The summed E-state index contributed by atoms with van der Waals surface area (Å²) in [5, 5.41) is 3.83. The number of rotatable bonds is 45. The van der Waals surface area contributed by atoms with Crippen molar-refractivity contribution in [3.05, 3.63) is 59.7 Å². The maximum Gasteiger partial charge on any atom is 0.0384 e. The Hall–Kier alpha value is -1.76. The van der Waals surface area contributed by atoms with E-state index in [1.54, 1.807) is 11.1 Å². The molecule has 2 aromatic rings. The molecule has 3 unspecified atom stereocenters. The molecule has 0 heterocycles. The lowest BCUT2D eigenvalue weighted by atomic mass is 9.70. The molecule has 2 aromatic carbocycles. The predicted octanol–water partition coefficient (Wildman–Crippen LogP) is 22.3. The third-order valence-electron chi connectivity index (χ3n) is 15.4. The molecule has 0 aliphatic carbocycles. The van der Waals surface area contributed by atoms with E-state index in [0.29, 0.717) is 0 Å². The number of hydrogen-bond acceptors (Lipinski definition) is 1. The molecule has 0 spiro atoms. The smallest absolute Gasteiger partial charge is 0.0384 e. The summed E-state index contributed by atoms with van der Waals surface area (Å²) < 4.78 is 0. The third kappa shape index (κ3) is 27.5. The number of anilines is 2. The van der Waals surface area contributed by atoms with Crippen LogP contribution in [0.25, 0.3) is 0 Å². The summed E-state index contributed by atoms with van der Waals surface area (Å²) in [5.74, 6) is 0.847. The Kier molecular flexibility index (Phi) is 34.9. The minimum Gasteiger partial charge on any atom is -0.356 e. The lowest BCUT2D eigenvalue weighted by Gasteiger charge is -2.35. The van der Waals surface area contributed by atoms with Crippen molar-refractivity contribution in [2.45, 2.75) is 316 Å². The number of benzene rings is 2. The maximum absolute atomic E-state index is 3.83. The van der Waals surface area contributed by atoms with Crippen LogP contribution >= 0.6 is 0 Å². The summed E-state index contributed by atoms with van der Waals surface area (Å²) in [6.45, 7) is 16.9. The summed E-state index contributed by atoms with van der Waals surface area (Å²) in [4.78, 5) is 0. The van der Waals surface area contributed by atoms with Crippen LogP contribution in [0.3, 0.4) is 0 Å². The molecule has 0 aromatic heterocycles. The van der Waals surface area contributed by atoms with E-state index >= 15 is 0 Å². The second kappa shape index (κ2) is 38.4. The van der Waals surface area contributed by atoms with Crippen molar-refractivity contribution in [1.82, 2.24) is 0 Å². The van der Waals surface area contributed by atoms with Crippen LogP contribution in [0.5, 0.6) is 0 Å². The first-order valence-corrected chi connectivity index (χ1v) is 28.8. The summed E-state index contributed by atoms with van der Waals surface area (Å²) in [5.41, 5.74) is 6.09. The molecule has 0 fully saturated rings. The fourth-order valence-electron chi connectivity index (χ4n) is 10.9. The van der Waals surface area contributed by atoms with Crippen molar-refractivity contribution >= 4 is 11.4 Å². The third-order valence-corrected chi connectivity index (χ3v) is 15.4. The van der Waals surface area contributed by atoms with Gasteiger partial charge in [0.2, 0.25) is 0 Å². The molecule has 1 N–H and O–H groups in total. The lowest BCUT2D eigenvalue weighted by Crippen LogP contribution is -2.26. The first-order chi connectivity index (χ1) is 30.8. The largest absolute Gasteiger partial charge is 0.356 e. The van der Waals surface area contributed by atoms with E-state index in [-0.39, 0.29) is 10.8 Å². The molecule has 0 bridgehead atoms. The number of hydrogen-bond donors (Lipinski definition) is 1. The Morgan fingerprint density at radius 2 is 0.571 bits per heavy atom. The van der Waals surface area contributed by atoms with Crippen LogP contribution in [-0.2, 0) is 10.8 Å². The van der Waals surface area contributed by atoms with Gasteiger partial charge in [0.05, 0.1) is 0 Å². The summed E-state index contributed by atoms with van der Waals surface area (Å²) in [6.07, 6.45) is 55.8. The van der Waals surface area contributed by atoms with Crippen LogP contribution in [0, 0.1) is 5.92 Å². The van der Waals surface area contributed by atoms with Gasteiger partial charge in [-0.3, -0.25) is 0 Å². The highest BCUT2D eigenvalue weighted by Gasteiger charge is 2.30. The molecule has 0 aliphatic rings. The molecule has 0 amide bonds. The van der Waals surface area contributed by atoms with Crippen LogP contribution in [0.2, 0.25) is 0 Å². The monoisotopic (exact) mass is 870 g/mol. The van der Waals surface area contributed by atoms with Crippen molar-refractivity contribution in [2.75, 3.05) is 5.32 Å². The minimum atomic E-state index is 0.244. The van der Waals surface area contributed by atoms with Gasteiger partial charge in [0.1, 0.15) is 0 Å². The van der Waals surface area contributed by atoms with E-state index in [2.05, 4.69) is 102 Å². The zero-order chi connectivity index (χ0) is 45.5. The Morgan fingerprint density at radius 3 is 0.889 bits per heavy atom. The van der Waals surface area contributed by atoms with Crippen molar-refractivity contribution in [3.63, 3.8) is 0 Å². The minimum absolute atomic E-state index is 0.244. The second-order valence-corrected chi connectivity index (χ2v) is 21.6. The zero-order valence-corrected chi connectivity index (χ0v) is 44.0. The zero-order valence-electron chi connectivity index (χ0n) is 44.0. The van der Waals surface area contributed by atoms with Gasteiger partial charge in [0.15, 0.2) is 0 Å². The van der Waals surface area contributed by atoms with Gasteiger partial charge in [-0.15, -0.1) is 0 Å². The Balaban J connectivity index is 2.17.